The molecule has 7 heteroatoms. The zero-order valence-corrected chi connectivity index (χ0v) is 17.7. The van der Waals surface area contributed by atoms with Gasteiger partial charge in [0.2, 0.25) is 5.91 Å². The minimum Gasteiger partial charge on any atom is -0.353 e. The molecule has 2 saturated carbocycles. The van der Waals surface area contributed by atoms with Gasteiger partial charge in [-0.2, -0.15) is 5.10 Å². The Morgan fingerprint density at radius 3 is 2.57 bits per heavy atom. The van der Waals surface area contributed by atoms with Crippen LogP contribution in [0.5, 0.6) is 0 Å². The van der Waals surface area contributed by atoms with Crippen LogP contribution >= 0.6 is 11.3 Å². The minimum absolute atomic E-state index is 0.0837. The lowest BCUT2D eigenvalue weighted by atomic mass is 9.83. The van der Waals surface area contributed by atoms with Crippen molar-refractivity contribution in [3.63, 3.8) is 0 Å². The van der Waals surface area contributed by atoms with E-state index in [0.717, 1.165) is 54.9 Å². The van der Waals surface area contributed by atoms with Crippen molar-refractivity contribution < 1.29 is 4.79 Å². The Labute approximate surface area is 179 Å². The fourth-order valence-corrected chi connectivity index (χ4v) is 5.54. The van der Waals surface area contributed by atoms with Gasteiger partial charge in [-0.3, -0.25) is 4.79 Å². The number of amides is 1. The predicted octanol–water partition coefficient (Wildman–Crippen LogP) is 3.60. The van der Waals surface area contributed by atoms with E-state index in [2.05, 4.69) is 16.5 Å². The lowest BCUT2D eigenvalue weighted by molar-refractivity contribution is -0.126. The van der Waals surface area contributed by atoms with Crippen LogP contribution in [0.2, 0.25) is 0 Å². The van der Waals surface area contributed by atoms with E-state index in [4.69, 9.17) is 0 Å². The molecule has 0 aliphatic heterocycles. The maximum absolute atomic E-state index is 13.1. The molecule has 5 rings (SSSR count). The maximum Gasteiger partial charge on any atom is 0.350 e. The maximum atomic E-state index is 13.1. The summed E-state index contributed by atoms with van der Waals surface area (Å²) in [5.74, 6) is 1.28. The molecule has 1 amide bonds. The predicted molar refractivity (Wildman–Crippen MR) is 117 cm³/mol. The molecule has 0 radical (unpaired) electrons. The van der Waals surface area contributed by atoms with Gasteiger partial charge in [-0.25, -0.2) is 14.0 Å². The van der Waals surface area contributed by atoms with Crippen molar-refractivity contribution in [2.24, 2.45) is 0 Å². The summed E-state index contributed by atoms with van der Waals surface area (Å²) in [6.45, 7) is 0.784. The van der Waals surface area contributed by atoms with Crippen molar-refractivity contribution in [2.75, 3.05) is 6.54 Å². The number of rotatable bonds is 7. The summed E-state index contributed by atoms with van der Waals surface area (Å²) in [6, 6.07) is 13.8. The van der Waals surface area contributed by atoms with Gasteiger partial charge >= 0.3 is 5.69 Å². The van der Waals surface area contributed by atoms with E-state index in [1.54, 1.807) is 15.9 Å². The van der Waals surface area contributed by atoms with E-state index in [1.807, 2.05) is 41.8 Å². The number of hydrogen-bond acceptors (Lipinski definition) is 4. The number of nitrogens with zero attached hydrogens (tertiary/aromatic N) is 3. The third-order valence-electron chi connectivity index (χ3n) is 6.32. The van der Waals surface area contributed by atoms with Crippen LogP contribution in [0.1, 0.15) is 55.1 Å². The van der Waals surface area contributed by atoms with Crippen molar-refractivity contribution in [1.82, 2.24) is 19.7 Å². The summed E-state index contributed by atoms with van der Waals surface area (Å²) in [4.78, 5) is 27.3. The molecule has 0 atom stereocenters. The third-order valence-corrected chi connectivity index (χ3v) is 7.39. The molecule has 0 spiro atoms. The Hall–Kier alpha value is -2.67. The summed E-state index contributed by atoms with van der Waals surface area (Å²) >= 11 is 1.66. The summed E-state index contributed by atoms with van der Waals surface area (Å²) in [5.41, 5.74) is 0.315. The fourth-order valence-electron chi connectivity index (χ4n) is 4.56. The summed E-state index contributed by atoms with van der Waals surface area (Å²) in [6.07, 6.45) is 6.10. The molecule has 156 valence electrons. The number of carbonyl (C=O) groups excluding carboxylic acids is 1. The molecule has 6 nitrogen and oxygen atoms in total. The highest BCUT2D eigenvalue weighted by molar-refractivity contribution is 7.10. The highest BCUT2D eigenvalue weighted by Crippen LogP contribution is 2.43. The molecule has 3 aromatic rings. The molecule has 2 aromatic heterocycles. The van der Waals surface area contributed by atoms with E-state index < -0.39 is 5.41 Å². The molecule has 1 aromatic carbocycles. The van der Waals surface area contributed by atoms with E-state index >= 15 is 0 Å². The Morgan fingerprint density at radius 2 is 1.90 bits per heavy atom. The highest BCUT2D eigenvalue weighted by atomic mass is 32.1. The van der Waals surface area contributed by atoms with Crippen LogP contribution in [0.15, 0.2) is 52.6 Å². The second kappa shape index (κ2) is 7.87. The van der Waals surface area contributed by atoms with Gasteiger partial charge in [0.1, 0.15) is 5.82 Å². The van der Waals surface area contributed by atoms with Gasteiger partial charge in [0.15, 0.2) is 0 Å². The molecule has 2 fully saturated rings. The Morgan fingerprint density at radius 1 is 1.13 bits per heavy atom. The van der Waals surface area contributed by atoms with Crippen LogP contribution in [0.25, 0.3) is 5.69 Å². The number of aromatic nitrogens is 3. The standard InChI is InChI=1S/C23H26N4O2S/c28-21(23(12-4-5-13-23)19-9-6-16-30-19)24-14-15-26-22(29)27(18-7-2-1-3-8-18)20(25-26)17-10-11-17/h1-3,6-9,16-17H,4-5,10-15H2,(H,24,28). The lowest BCUT2D eigenvalue weighted by Crippen LogP contribution is -2.43. The van der Waals surface area contributed by atoms with E-state index in [0.29, 0.717) is 19.0 Å². The quantitative estimate of drug-likeness (QED) is 0.633. The molecule has 2 heterocycles. The van der Waals surface area contributed by atoms with Crippen LogP contribution in [0.4, 0.5) is 0 Å². The SMILES string of the molecule is O=C(NCCn1nc(C2CC2)n(-c2ccccc2)c1=O)C1(c2cccs2)CCCC1. The molecule has 2 aliphatic carbocycles. The Kier molecular flexibility index (Phi) is 5.06. The number of para-hydroxylation sites is 1. The molecule has 1 N–H and O–H groups in total. The zero-order chi connectivity index (χ0) is 20.6. The topological polar surface area (TPSA) is 68.9 Å². The number of carbonyl (C=O) groups is 1. The first-order chi connectivity index (χ1) is 14.7. The highest BCUT2D eigenvalue weighted by Gasteiger charge is 2.43. The average molecular weight is 423 g/mol. The Bertz CT molecular complexity index is 1070. The lowest BCUT2D eigenvalue weighted by Gasteiger charge is -2.26. The molecule has 0 saturated heterocycles. The number of hydrogen-bond donors (Lipinski definition) is 1. The molecule has 2 aliphatic rings. The molecule has 0 bridgehead atoms. The van der Waals surface area contributed by atoms with Crippen LogP contribution < -0.4 is 11.0 Å². The van der Waals surface area contributed by atoms with Gasteiger partial charge in [0.05, 0.1) is 17.6 Å². The third kappa shape index (κ3) is 3.41. The van der Waals surface area contributed by atoms with E-state index in [9.17, 15) is 9.59 Å². The first kappa shape index (κ1) is 19.3. The van der Waals surface area contributed by atoms with Gasteiger partial charge in [-0.15, -0.1) is 11.3 Å². The number of benzene rings is 1. The molecule has 0 unspecified atom stereocenters. The van der Waals surface area contributed by atoms with Crippen LogP contribution in [-0.4, -0.2) is 26.8 Å². The van der Waals surface area contributed by atoms with Crippen molar-refractivity contribution in [1.29, 1.82) is 0 Å². The minimum atomic E-state index is -0.401. The van der Waals surface area contributed by atoms with Crippen molar-refractivity contribution in [3.8, 4) is 5.69 Å². The Balaban J connectivity index is 1.33. The van der Waals surface area contributed by atoms with Gasteiger partial charge in [-0.05, 0) is 49.3 Å². The van der Waals surface area contributed by atoms with Gasteiger partial charge < -0.3 is 5.32 Å². The first-order valence-electron chi connectivity index (χ1n) is 10.8. The van der Waals surface area contributed by atoms with E-state index in [1.165, 1.54) is 4.68 Å². The van der Waals surface area contributed by atoms with Crippen molar-refractivity contribution in [2.45, 2.75) is 56.4 Å². The monoisotopic (exact) mass is 422 g/mol. The van der Waals surface area contributed by atoms with Crippen molar-refractivity contribution in [3.05, 3.63) is 69.0 Å². The summed E-state index contributed by atoms with van der Waals surface area (Å²) < 4.78 is 3.23. The first-order valence-corrected chi connectivity index (χ1v) is 11.6. The van der Waals surface area contributed by atoms with Crippen molar-refractivity contribution >= 4 is 17.2 Å². The van der Waals surface area contributed by atoms with Gasteiger partial charge in [-0.1, -0.05) is 37.1 Å². The van der Waals surface area contributed by atoms with E-state index in [-0.39, 0.29) is 11.6 Å². The van der Waals surface area contributed by atoms with Crippen LogP contribution in [0.3, 0.4) is 0 Å². The second-order valence-electron chi connectivity index (χ2n) is 8.33. The summed E-state index contributed by atoms with van der Waals surface area (Å²) in [5, 5.41) is 9.77. The number of thiophene rings is 1. The number of nitrogens with one attached hydrogen (secondary N) is 1. The zero-order valence-electron chi connectivity index (χ0n) is 16.9. The van der Waals surface area contributed by atoms with Gasteiger partial charge in [0.25, 0.3) is 0 Å². The molecular weight excluding hydrogens is 396 g/mol. The summed E-state index contributed by atoms with van der Waals surface area (Å²) in [7, 11) is 0. The largest absolute Gasteiger partial charge is 0.353 e. The van der Waals surface area contributed by atoms with Crippen LogP contribution in [0, 0.1) is 0 Å². The normalized spacial score (nSPS) is 17.9. The fraction of sp³-hybridized carbons (Fsp3) is 0.435. The average Bonchev–Trinajstić information content (AvgIpc) is 3.16. The smallest absolute Gasteiger partial charge is 0.350 e. The molecule has 30 heavy (non-hydrogen) atoms. The second-order valence-corrected chi connectivity index (χ2v) is 9.28. The molecular formula is C23H26N4O2S. The van der Waals surface area contributed by atoms with Crippen LogP contribution in [-0.2, 0) is 16.8 Å². The van der Waals surface area contributed by atoms with Gasteiger partial charge in [0, 0.05) is 17.3 Å².